The molecule has 1 amide bonds. The molecule has 5 rings (SSSR count). The van der Waals surface area contributed by atoms with Crippen molar-refractivity contribution < 1.29 is 23.4 Å². The highest BCUT2D eigenvalue weighted by atomic mass is 16.7. The molecule has 8 heteroatoms. The quantitative estimate of drug-likeness (QED) is 0.624. The van der Waals surface area contributed by atoms with Gasteiger partial charge in [-0.3, -0.25) is 4.79 Å². The topological polar surface area (TPSA) is 86.9 Å². The van der Waals surface area contributed by atoms with Crippen LogP contribution in [-0.2, 0) is 11.2 Å². The van der Waals surface area contributed by atoms with Gasteiger partial charge in [0, 0.05) is 18.7 Å². The maximum atomic E-state index is 12.8. The van der Waals surface area contributed by atoms with Crippen LogP contribution in [0.5, 0.6) is 17.2 Å². The third kappa shape index (κ3) is 4.05. The molecule has 3 aromatic rings. The smallest absolute Gasteiger partial charge is 0.247 e. The predicted octanol–water partition coefficient (Wildman–Crippen LogP) is 3.42. The monoisotopic (exact) mass is 421 g/mol. The minimum Gasteiger partial charge on any atom is -0.497 e. The van der Waals surface area contributed by atoms with Gasteiger partial charge in [0.25, 0.3) is 0 Å². The van der Waals surface area contributed by atoms with E-state index in [1.807, 2.05) is 47.4 Å². The van der Waals surface area contributed by atoms with Gasteiger partial charge in [-0.05, 0) is 48.7 Å². The van der Waals surface area contributed by atoms with Gasteiger partial charge in [0.05, 0.1) is 19.4 Å². The first-order chi connectivity index (χ1) is 15.2. The Balaban J connectivity index is 1.25. The molecular weight excluding hydrogens is 398 g/mol. The second-order valence-electron chi connectivity index (χ2n) is 7.72. The molecule has 1 fully saturated rings. The van der Waals surface area contributed by atoms with Crippen molar-refractivity contribution in [1.29, 1.82) is 0 Å². The van der Waals surface area contributed by atoms with E-state index in [0.29, 0.717) is 36.2 Å². The predicted molar refractivity (Wildman–Crippen MR) is 111 cm³/mol. The second kappa shape index (κ2) is 8.29. The summed E-state index contributed by atoms with van der Waals surface area (Å²) in [4.78, 5) is 14.7. The highest BCUT2D eigenvalue weighted by molar-refractivity contribution is 5.79. The number of benzene rings is 2. The lowest BCUT2D eigenvalue weighted by atomic mass is 9.97. The SMILES string of the molecule is COc1ccc(CC(=O)N2CCCC(c3nnc(-c4ccc5c(c4)OCO5)o3)C2)cc1. The first-order valence-electron chi connectivity index (χ1n) is 10.3. The average Bonchev–Trinajstić information content (AvgIpc) is 3.49. The zero-order valence-electron chi connectivity index (χ0n) is 17.2. The first-order valence-corrected chi connectivity index (χ1v) is 10.3. The zero-order valence-corrected chi connectivity index (χ0v) is 17.2. The van der Waals surface area contributed by atoms with Crippen LogP contribution in [0.1, 0.15) is 30.2 Å². The van der Waals surface area contributed by atoms with E-state index in [-0.39, 0.29) is 18.6 Å². The third-order valence-electron chi connectivity index (χ3n) is 5.70. The Morgan fingerprint density at radius 2 is 1.97 bits per heavy atom. The van der Waals surface area contributed by atoms with E-state index in [9.17, 15) is 4.79 Å². The van der Waals surface area contributed by atoms with Gasteiger partial charge < -0.3 is 23.5 Å². The molecule has 1 aromatic heterocycles. The van der Waals surface area contributed by atoms with Gasteiger partial charge in [0.2, 0.25) is 24.5 Å². The molecule has 8 nitrogen and oxygen atoms in total. The Morgan fingerprint density at radius 1 is 1.13 bits per heavy atom. The molecule has 0 N–H and O–H groups in total. The van der Waals surface area contributed by atoms with E-state index in [4.69, 9.17) is 18.6 Å². The molecule has 0 radical (unpaired) electrons. The maximum absolute atomic E-state index is 12.8. The summed E-state index contributed by atoms with van der Waals surface area (Å²) in [6, 6.07) is 13.1. The largest absolute Gasteiger partial charge is 0.497 e. The fourth-order valence-corrected chi connectivity index (χ4v) is 3.98. The number of rotatable bonds is 5. The fraction of sp³-hybridized carbons (Fsp3) is 0.348. The van der Waals surface area contributed by atoms with Crippen LogP contribution in [0.25, 0.3) is 11.5 Å². The van der Waals surface area contributed by atoms with E-state index in [1.54, 1.807) is 7.11 Å². The summed E-state index contributed by atoms with van der Waals surface area (Å²) >= 11 is 0. The minimum absolute atomic E-state index is 0.0313. The Kier molecular flexibility index (Phi) is 5.19. The van der Waals surface area contributed by atoms with Crippen LogP contribution in [-0.4, -0.2) is 48.0 Å². The maximum Gasteiger partial charge on any atom is 0.247 e. The van der Waals surface area contributed by atoms with Gasteiger partial charge in [0.15, 0.2) is 11.5 Å². The summed E-state index contributed by atoms with van der Waals surface area (Å²) in [5.74, 6) is 3.30. The molecule has 0 spiro atoms. The molecule has 1 unspecified atom stereocenters. The van der Waals surface area contributed by atoms with Crippen molar-refractivity contribution in [1.82, 2.24) is 15.1 Å². The molecule has 3 heterocycles. The summed E-state index contributed by atoms with van der Waals surface area (Å²) < 4.78 is 21.9. The molecule has 2 aliphatic heterocycles. The molecule has 31 heavy (non-hydrogen) atoms. The lowest BCUT2D eigenvalue weighted by Gasteiger charge is -2.31. The Labute approximate surface area is 179 Å². The van der Waals surface area contributed by atoms with Crippen LogP contribution in [0.4, 0.5) is 0 Å². The van der Waals surface area contributed by atoms with Crippen LogP contribution in [0, 0.1) is 0 Å². The number of hydrogen-bond donors (Lipinski definition) is 0. The van der Waals surface area contributed by atoms with Gasteiger partial charge in [-0.25, -0.2) is 0 Å². The van der Waals surface area contributed by atoms with Gasteiger partial charge in [-0.2, -0.15) is 0 Å². The Bertz CT molecular complexity index is 1080. The molecule has 160 valence electrons. The summed E-state index contributed by atoms with van der Waals surface area (Å²) in [7, 11) is 1.63. The third-order valence-corrected chi connectivity index (χ3v) is 5.70. The molecule has 1 atom stereocenters. The van der Waals surface area contributed by atoms with Crippen LogP contribution in [0.3, 0.4) is 0 Å². The fourth-order valence-electron chi connectivity index (χ4n) is 3.98. The molecule has 2 aliphatic rings. The molecule has 2 aromatic carbocycles. The van der Waals surface area contributed by atoms with Gasteiger partial charge in [-0.15, -0.1) is 10.2 Å². The number of likely N-dealkylation sites (tertiary alicyclic amines) is 1. The summed E-state index contributed by atoms with van der Waals surface area (Å²) in [5.41, 5.74) is 1.75. The van der Waals surface area contributed by atoms with E-state index in [1.165, 1.54) is 0 Å². The minimum atomic E-state index is 0.0313. The lowest BCUT2D eigenvalue weighted by Crippen LogP contribution is -2.40. The number of carbonyl (C=O) groups is 1. The van der Waals surface area contributed by atoms with Gasteiger partial charge in [0.1, 0.15) is 5.75 Å². The number of fused-ring (bicyclic) bond motifs is 1. The number of piperidine rings is 1. The number of carbonyl (C=O) groups excluding carboxylic acids is 1. The number of amides is 1. The van der Waals surface area contributed by atoms with Crippen molar-refractivity contribution in [2.24, 2.45) is 0 Å². The van der Waals surface area contributed by atoms with E-state index >= 15 is 0 Å². The van der Waals surface area contributed by atoms with E-state index < -0.39 is 0 Å². The highest BCUT2D eigenvalue weighted by Crippen LogP contribution is 2.36. The van der Waals surface area contributed by atoms with Crippen molar-refractivity contribution in [2.45, 2.75) is 25.2 Å². The molecular formula is C23H23N3O5. The van der Waals surface area contributed by atoms with E-state index in [0.717, 1.165) is 36.3 Å². The summed E-state index contributed by atoms with van der Waals surface area (Å²) in [5, 5.41) is 8.48. The summed E-state index contributed by atoms with van der Waals surface area (Å²) in [6.45, 7) is 1.54. The Morgan fingerprint density at radius 3 is 2.81 bits per heavy atom. The Hall–Kier alpha value is -3.55. The summed E-state index contributed by atoms with van der Waals surface area (Å²) in [6.07, 6.45) is 2.18. The van der Waals surface area contributed by atoms with Gasteiger partial charge in [-0.1, -0.05) is 12.1 Å². The van der Waals surface area contributed by atoms with Crippen LogP contribution < -0.4 is 14.2 Å². The first kappa shape index (κ1) is 19.4. The normalized spacial score (nSPS) is 17.6. The van der Waals surface area contributed by atoms with E-state index in [2.05, 4.69) is 10.2 Å². The van der Waals surface area contributed by atoms with Crippen molar-refractivity contribution in [3.8, 4) is 28.7 Å². The number of aromatic nitrogens is 2. The molecule has 0 bridgehead atoms. The number of methoxy groups -OCH3 is 1. The lowest BCUT2D eigenvalue weighted by molar-refractivity contribution is -0.131. The molecule has 0 aliphatic carbocycles. The number of hydrogen-bond acceptors (Lipinski definition) is 7. The van der Waals surface area contributed by atoms with Crippen LogP contribution >= 0.6 is 0 Å². The standard InChI is InChI=1S/C23H23N3O5/c1-28-18-7-4-15(5-8-18)11-21(27)26-10-2-3-17(13-26)23-25-24-22(31-23)16-6-9-19-20(12-16)30-14-29-19/h4-9,12,17H,2-3,10-11,13-14H2,1H3. The van der Waals surface area contributed by atoms with Gasteiger partial charge >= 0.3 is 0 Å². The van der Waals surface area contributed by atoms with Crippen molar-refractivity contribution >= 4 is 5.91 Å². The highest BCUT2D eigenvalue weighted by Gasteiger charge is 2.29. The average molecular weight is 421 g/mol. The molecule has 1 saturated heterocycles. The van der Waals surface area contributed by atoms with Crippen LogP contribution in [0.15, 0.2) is 46.9 Å². The molecule has 0 saturated carbocycles. The zero-order chi connectivity index (χ0) is 21.2. The van der Waals surface area contributed by atoms with Crippen LogP contribution in [0.2, 0.25) is 0 Å². The second-order valence-corrected chi connectivity index (χ2v) is 7.72. The van der Waals surface area contributed by atoms with Crippen molar-refractivity contribution in [2.75, 3.05) is 27.0 Å². The number of nitrogens with zero attached hydrogens (tertiary/aromatic N) is 3. The van der Waals surface area contributed by atoms with Crippen molar-refractivity contribution in [3.63, 3.8) is 0 Å². The number of ether oxygens (including phenoxy) is 3. The van der Waals surface area contributed by atoms with Crippen molar-refractivity contribution in [3.05, 3.63) is 53.9 Å².